The van der Waals surface area contributed by atoms with Crippen molar-refractivity contribution in [1.82, 2.24) is 24.6 Å². The van der Waals surface area contributed by atoms with E-state index in [0.29, 0.717) is 5.52 Å². The number of nitrogens with two attached hydrogens (primary N) is 1. The van der Waals surface area contributed by atoms with Crippen molar-refractivity contribution in [2.75, 3.05) is 18.7 Å². The first-order valence-corrected chi connectivity index (χ1v) is 15.4. The molecule has 0 saturated heterocycles. The molecule has 14 heteroatoms. The van der Waals surface area contributed by atoms with Crippen LogP contribution in [-0.2, 0) is 30.0 Å². The molecular weight excluding hydrogens is 578 g/mol. The molecule has 226 valence electrons. The highest BCUT2D eigenvalue weighted by molar-refractivity contribution is 7.57. The van der Waals surface area contributed by atoms with E-state index in [4.69, 9.17) is 24.5 Å². The van der Waals surface area contributed by atoms with Crippen LogP contribution in [0.4, 0.5) is 10.2 Å². The number of hydrogen-bond donors (Lipinski definition) is 2. The van der Waals surface area contributed by atoms with Crippen LogP contribution in [0, 0.1) is 5.92 Å². The first-order chi connectivity index (χ1) is 20.7. The quantitative estimate of drug-likeness (QED) is 0.159. The van der Waals surface area contributed by atoms with E-state index in [9.17, 15) is 9.36 Å². The summed E-state index contributed by atoms with van der Waals surface area (Å²) >= 11 is 0. The van der Waals surface area contributed by atoms with Crippen LogP contribution >= 0.6 is 7.52 Å². The van der Waals surface area contributed by atoms with E-state index in [1.807, 2.05) is 44.2 Å². The number of benzene rings is 2. The average Bonchev–Trinajstić information content (AvgIpc) is 3.59. The van der Waals surface area contributed by atoms with Crippen LogP contribution in [0.1, 0.15) is 25.6 Å². The Morgan fingerprint density at radius 2 is 1.84 bits per heavy atom. The Labute approximate surface area is 247 Å². The lowest BCUT2D eigenvalue weighted by Crippen LogP contribution is -2.40. The maximum Gasteiger partial charge on any atom is 0.342 e. The van der Waals surface area contributed by atoms with E-state index in [1.165, 1.54) is 17.2 Å². The van der Waals surface area contributed by atoms with Crippen LogP contribution in [0.2, 0.25) is 0 Å². The standard InChI is InChI=1S/C29H32FN6O6P/c1-19(2)15-39-29(37)23(13-20-9-5-3-6-10-20)35-43(38,42-21-11-7-4-8-12-21)18-40-24-14-22(30)28(41-24)36-17-34-25-26(31)32-16-33-27(25)36/h3-12,14,16-17,19,23-24,28H,13,15,18H2,1-2H3,(H,35,38)(H2,31,32,33)/t23-,24-,28+,43+/m0/s1. The van der Waals surface area contributed by atoms with Crippen LogP contribution in [0.5, 0.6) is 5.75 Å². The number of carbonyl (C=O) groups is 1. The summed E-state index contributed by atoms with van der Waals surface area (Å²) in [7, 11) is -3.99. The van der Waals surface area contributed by atoms with E-state index in [2.05, 4.69) is 20.0 Å². The number of hydrogen-bond acceptors (Lipinski definition) is 10. The zero-order chi connectivity index (χ0) is 30.4. The van der Waals surface area contributed by atoms with Crippen molar-refractivity contribution < 1.29 is 32.5 Å². The number of nitrogens with one attached hydrogen (secondary N) is 1. The number of esters is 1. The number of halogens is 1. The van der Waals surface area contributed by atoms with Gasteiger partial charge in [0.2, 0.25) is 0 Å². The second kappa shape index (κ2) is 13.4. The lowest BCUT2D eigenvalue weighted by Gasteiger charge is -2.26. The fourth-order valence-corrected chi connectivity index (χ4v) is 5.96. The number of carbonyl (C=O) groups excluding carboxylic acids is 1. The van der Waals surface area contributed by atoms with Crippen molar-refractivity contribution in [2.45, 2.75) is 38.8 Å². The molecule has 0 spiro atoms. The molecular formula is C29H32FN6O6P. The lowest BCUT2D eigenvalue weighted by atomic mass is 10.1. The zero-order valence-corrected chi connectivity index (χ0v) is 24.5. The summed E-state index contributed by atoms with van der Waals surface area (Å²) in [6, 6.07) is 16.7. The Morgan fingerprint density at radius 1 is 1.12 bits per heavy atom. The van der Waals surface area contributed by atoms with Gasteiger partial charge in [-0.05, 0) is 30.0 Å². The fraction of sp³-hybridized carbons (Fsp3) is 0.310. The third-order valence-electron chi connectivity index (χ3n) is 6.32. The van der Waals surface area contributed by atoms with Gasteiger partial charge in [-0.3, -0.25) is 13.9 Å². The van der Waals surface area contributed by atoms with E-state index in [0.717, 1.165) is 11.6 Å². The minimum absolute atomic E-state index is 0.0988. The van der Waals surface area contributed by atoms with Crippen molar-refractivity contribution >= 4 is 30.5 Å². The molecule has 2 aromatic carbocycles. The highest BCUT2D eigenvalue weighted by Gasteiger charge is 2.37. The third-order valence-corrected chi connectivity index (χ3v) is 8.02. The van der Waals surface area contributed by atoms with Gasteiger partial charge in [-0.1, -0.05) is 62.4 Å². The molecule has 12 nitrogen and oxygen atoms in total. The molecule has 1 aliphatic heterocycles. The molecule has 0 aliphatic carbocycles. The first kappa shape index (κ1) is 30.3. The third kappa shape index (κ3) is 7.63. The van der Waals surface area contributed by atoms with Gasteiger partial charge in [0.05, 0.1) is 12.9 Å². The molecule has 0 fully saturated rings. The molecule has 2 aromatic heterocycles. The molecule has 0 amide bonds. The largest absolute Gasteiger partial charge is 0.464 e. The number of nitrogens with zero attached hydrogens (tertiary/aromatic N) is 4. The van der Waals surface area contributed by atoms with Crippen molar-refractivity contribution in [2.24, 2.45) is 5.92 Å². The monoisotopic (exact) mass is 610 g/mol. The molecule has 3 heterocycles. The highest BCUT2D eigenvalue weighted by Crippen LogP contribution is 2.45. The van der Waals surface area contributed by atoms with Crippen molar-refractivity contribution in [3.05, 3.63) is 90.8 Å². The number of para-hydroxylation sites is 1. The predicted molar refractivity (Wildman–Crippen MR) is 156 cm³/mol. The topological polar surface area (TPSA) is 153 Å². The Kier molecular flexibility index (Phi) is 9.46. The van der Waals surface area contributed by atoms with Crippen LogP contribution in [0.15, 0.2) is 85.2 Å². The van der Waals surface area contributed by atoms with E-state index in [1.54, 1.807) is 30.3 Å². The smallest absolute Gasteiger partial charge is 0.342 e. The minimum Gasteiger partial charge on any atom is -0.464 e. The van der Waals surface area contributed by atoms with Gasteiger partial charge < -0.3 is 24.5 Å². The molecule has 4 aromatic rings. The minimum atomic E-state index is -3.99. The molecule has 5 rings (SSSR count). The van der Waals surface area contributed by atoms with Gasteiger partial charge in [0.15, 0.2) is 36.2 Å². The second-order valence-corrected chi connectivity index (χ2v) is 12.3. The maximum atomic E-state index is 15.1. The summed E-state index contributed by atoms with van der Waals surface area (Å²) in [6.45, 7) is 4.02. The summed E-state index contributed by atoms with van der Waals surface area (Å²) in [5, 5.41) is 2.87. The van der Waals surface area contributed by atoms with Gasteiger partial charge in [0.1, 0.15) is 23.6 Å². The lowest BCUT2D eigenvalue weighted by molar-refractivity contribution is -0.146. The van der Waals surface area contributed by atoms with Gasteiger partial charge >= 0.3 is 13.5 Å². The van der Waals surface area contributed by atoms with Gasteiger partial charge in [0, 0.05) is 6.08 Å². The molecule has 0 bridgehead atoms. The predicted octanol–water partition coefficient (Wildman–Crippen LogP) is 4.76. The number of ether oxygens (including phenoxy) is 3. The van der Waals surface area contributed by atoms with Gasteiger partial charge in [0.25, 0.3) is 0 Å². The molecule has 0 unspecified atom stereocenters. The summed E-state index contributed by atoms with van der Waals surface area (Å²) in [5.74, 6) is -0.744. The number of nitrogen functional groups attached to an aromatic ring is 1. The van der Waals surface area contributed by atoms with E-state index >= 15 is 4.39 Å². The number of imidazole rings is 1. The number of aromatic nitrogens is 4. The normalized spacial score (nSPS) is 18.7. The number of anilines is 1. The van der Waals surface area contributed by atoms with Crippen molar-refractivity contribution in [3.63, 3.8) is 0 Å². The second-order valence-electron chi connectivity index (χ2n) is 10.3. The molecule has 0 radical (unpaired) electrons. The first-order valence-electron chi connectivity index (χ1n) is 13.6. The Morgan fingerprint density at radius 3 is 2.56 bits per heavy atom. The maximum absolute atomic E-state index is 15.1. The summed E-state index contributed by atoms with van der Waals surface area (Å²) < 4.78 is 53.6. The van der Waals surface area contributed by atoms with Gasteiger partial charge in [-0.25, -0.2) is 24.4 Å². The van der Waals surface area contributed by atoms with Crippen molar-refractivity contribution in [1.29, 1.82) is 0 Å². The summed E-state index contributed by atoms with van der Waals surface area (Å²) in [6.07, 6.45) is 0.798. The Hall–Kier alpha value is -4.16. The Balaban J connectivity index is 1.35. The number of rotatable bonds is 13. The van der Waals surface area contributed by atoms with Crippen LogP contribution < -0.4 is 15.3 Å². The van der Waals surface area contributed by atoms with E-state index < -0.39 is 44.2 Å². The van der Waals surface area contributed by atoms with Crippen LogP contribution in [-0.4, -0.2) is 50.8 Å². The molecule has 0 saturated carbocycles. The Bertz CT molecular complexity index is 1620. The fourth-order valence-electron chi connectivity index (χ4n) is 4.30. The van der Waals surface area contributed by atoms with Crippen LogP contribution in [0.25, 0.3) is 11.2 Å². The molecule has 4 atom stereocenters. The zero-order valence-electron chi connectivity index (χ0n) is 23.6. The summed E-state index contributed by atoms with van der Waals surface area (Å²) in [4.78, 5) is 25.3. The van der Waals surface area contributed by atoms with Crippen molar-refractivity contribution in [3.8, 4) is 5.75 Å². The SMILES string of the molecule is CC(C)COC(=O)[C@H](Cc1ccccc1)N[P@@](=O)(CO[C@@H]1C=C(F)[C@H](n2cnc3c(N)ncnc32)O1)Oc1ccccc1. The molecule has 1 aliphatic rings. The average molecular weight is 611 g/mol. The number of fused-ring (bicyclic) bond motifs is 1. The van der Waals surface area contributed by atoms with Gasteiger partial charge in [-0.2, -0.15) is 0 Å². The highest BCUT2D eigenvalue weighted by atomic mass is 31.2. The summed E-state index contributed by atoms with van der Waals surface area (Å²) in [5.41, 5.74) is 7.23. The molecule has 3 N–H and O–H groups in total. The van der Waals surface area contributed by atoms with E-state index in [-0.39, 0.29) is 36.2 Å². The molecule has 43 heavy (non-hydrogen) atoms. The van der Waals surface area contributed by atoms with Gasteiger partial charge in [-0.15, -0.1) is 0 Å². The van der Waals surface area contributed by atoms with Crippen LogP contribution in [0.3, 0.4) is 0 Å².